The summed E-state index contributed by atoms with van der Waals surface area (Å²) in [6, 6.07) is 8.42. The minimum absolute atomic E-state index is 0.0269. The second-order valence-electron chi connectivity index (χ2n) is 6.03. The number of carbonyl (C=O) groups excluding carboxylic acids is 4. The molecule has 8 heteroatoms. The number of ether oxygens (including phenoxy) is 1. The second kappa shape index (κ2) is 10.9. The van der Waals surface area contributed by atoms with Gasteiger partial charge >= 0.3 is 5.97 Å². The van der Waals surface area contributed by atoms with Crippen LogP contribution in [0.4, 0.5) is 0 Å². The second-order valence-corrected chi connectivity index (χ2v) is 6.03. The van der Waals surface area contributed by atoms with Crippen molar-refractivity contribution in [2.24, 2.45) is 0 Å². The fourth-order valence-corrected chi connectivity index (χ4v) is 2.16. The molecule has 0 aliphatic heterocycles. The van der Waals surface area contributed by atoms with E-state index < -0.39 is 24.5 Å². The first kappa shape index (κ1) is 21.1. The van der Waals surface area contributed by atoms with E-state index in [2.05, 4.69) is 16.0 Å². The van der Waals surface area contributed by atoms with Crippen LogP contribution in [0.15, 0.2) is 30.3 Å². The van der Waals surface area contributed by atoms with Crippen molar-refractivity contribution in [2.75, 3.05) is 13.2 Å². The molecule has 0 aliphatic carbocycles. The van der Waals surface area contributed by atoms with Crippen LogP contribution >= 0.6 is 0 Å². The molecule has 0 aliphatic rings. The molecule has 0 radical (unpaired) electrons. The molecule has 0 heterocycles. The Hall–Kier alpha value is -2.90. The molecule has 1 rings (SSSR count). The normalized spacial score (nSPS) is 11.4. The van der Waals surface area contributed by atoms with Gasteiger partial charge in [0.2, 0.25) is 11.8 Å². The van der Waals surface area contributed by atoms with Gasteiger partial charge in [-0.05, 0) is 19.4 Å². The van der Waals surface area contributed by atoms with E-state index in [0.29, 0.717) is 0 Å². The fraction of sp³-hybridized carbons (Fsp3) is 0.444. The molecule has 26 heavy (non-hydrogen) atoms. The van der Waals surface area contributed by atoms with Crippen LogP contribution in [-0.2, 0) is 23.9 Å². The van der Waals surface area contributed by atoms with E-state index in [0.717, 1.165) is 5.56 Å². The van der Waals surface area contributed by atoms with Crippen molar-refractivity contribution < 1.29 is 23.9 Å². The third kappa shape index (κ3) is 8.81. The quantitative estimate of drug-likeness (QED) is 0.551. The van der Waals surface area contributed by atoms with E-state index in [-0.39, 0.29) is 30.8 Å². The predicted octanol–water partition coefficient (Wildman–Crippen LogP) is 0.438. The molecule has 1 atom stereocenters. The number of benzene rings is 1. The highest BCUT2D eigenvalue weighted by Gasteiger charge is 2.18. The minimum Gasteiger partial charge on any atom is -0.456 e. The number of hydrogen-bond acceptors (Lipinski definition) is 5. The summed E-state index contributed by atoms with van der Waals surface area (Å²) >= 11 is 0. The third-order valence-electron chi connectivity index (χ3n) is 3.21. The maximum absolute atomic E-state index is 12.0. The highest BCUT2D eigenvalue weighted by atomic mass is 16.5. The van der Waals surface area contributed by atoms with Gasteiger partial charge in [-0.1, -0.05) is 30.3 Å². The lowest BCUT2D eigenvalue weighted by Gasteiger charge is -2.17. The van der Waals surface area contributed by atoms with Crippen molar-refractivity contribution in [1.29, 1.82) is 0 Å². The average Bonchev–Trinajstić information content (AvgIpc) is 2.57. The van der Waals surface area contributed by atoms with Gasteiger partial charge in [0.1, 0.15) is 0 Å². The first-order chi connectivity index (χ1) is 12.3. The maximum Gasteiger partial charge on any atom is 0.308 e. The lowest BCUT2D eigenvalue weighted by Crippen LogP contribution is -2.41. The van der Waals surface area contributed by atoms with Gasteiger partial charge in [-0.2, -0.15) is 0 Å². The standard InChI is InChI=1S/C18H25N3O5/c1-12(2)20-16(23)10-19-17(24)11-26-18(25)9-15(21-13(3)22)14-7-5-4-6-8-14/h4-8,12,15H,9-11H2,1-3H3,(H,19,24)(H,20,23)(H,21,22)/t15-/m1/s1. The molecule has 1 aromatic carbocycles. The van der Waals surface area contributed by atoms with Gasteiger partial charge in [0, 0.05) is 13.0 Å². The predicted molar refractivity (Wildman–Crippen MR) is 94.9 cm³/mol. The van der Waals surface area contributed by atoms with Crippen molar-refractivity contribution in [3.05, 3.63) is 35.9 Å². The van der Waals surface area contributed by atoms with E-state index >= 15 is 0 Å². The average molecular weight is 363 g/mol. The number of rotatable bonds is 9. The van der Waals surface area contributed by atoms with Gasteiger partial charge in [-0.3, -0.25) is 19.2 Å². The Balaban J connectivity index is 2.44. The lowest BCUT2D eigenvalue weighted by atomic mass is 10.0. The number of esters is 1. The summed E-state index contributed by atoms with van der Waals surface area (Å²) in [6.07, 6.45) is -0.106. The van der Waals surface area contributed by atoms with Crippen LogP contribution in [0.5, 0.6) is 0 Å². The third-order valence-corrected chi connectivity index (χ3v) is 3.21. The van der Waals surface area contributed by atoms with E-state index in [1.54, 1.807) is 38.1 Å². The molecule has 0 bridgehead atoms. The molecule has 3 amide bonds. The molecule has 0 saturated heterocycles. The molecular weight excluding hydrogens is 338 g/mol. The monoisotopic (exact) mass is 363 g/mol. The van der Waals surface area contributed by atoms with Gasteiger partial charge in [-0.15, -0.1) is 0 Å². The fourth-order valence-electron chi connectivity index (χ4n) is 2.16. The zero-order valence-electron chi connectivity index (χ0n) is 15.2. The van der Waals surface area contributed by atoms with Crippen LogP contribution in [0.2, 0.25) is 0 Å². The number of amides is 3. The van der Waals surface area contributed by atoms with Crippen molar-refractivity contribution in [3.8, 4) is 0 Å². The summed E-state index contributed by atoms with van der Waals surface area (Å²) in [6.45, 7) is 4.29. The summed E-state index contributed by atoms with van der Waals surface area (Å²) < 4.78 is 4.92. The minimum atomic E-state index is -0.630. The number of nitrogens with one attached hydrogen (secondary N) is 3. The zero-order valence-corrected chi connectivity index (χ0v) is 15.2. The summed E-state index contributed by atoms with van der Waals surface area (Å²) in [5.41, 5.74) is 0.759. The first-order valence-electron chi connectivity index (χ1n) is 8.31. The van der Waals surface area contributed by atoms with E-state index in [4.69, 9.17) is 4.74 Å². The molecule has 0 spiro atoms. The largest absolute Gasteiger partial charge is 0.456 e. The smallest absolute Gasteiger partial charge is 0.308 e. The Morgan fingerprint density at radius 2 is 1.65 bits per heavy atom. The topological polar surface area (TPSA) is 114 Å². The van der Waals surface area contributed by atoms with E-state index in [9.17, 15) is 19.2 Å². The Bertz CT molecular complexity index is 631. The summed E-state index contributed by atoms with van der Waals surface area (Å²) in [7, 11) is 0. The maximum atomic E-state index is 12.0. The van der Waals surface area contributed by atoms with E-state index in [1.165, 1.54) is 6.92 Å². The van der Waals surface area contributed by atoms with Crippen LogP contribution in [-0.4, -0.2) is 42.9 Å². The van der Waals surface area contributed by atoms with Gasteiger partial charge in [0.05, 0.1) is 19.0 Å². The zero-order chi connectivity index (χ0) is 19.5. The van der Waals surface area contributed by atoms with Crippen LogP contribution in [0.25, 0.3) is 0 Å². The highest BCUT2D eigenvalue weighted by Crippen LogP contribution is 2.17. The Kier molecular flexibility index (Phi) is 8.83. The highest BCUT2D eigenvalue weighted by molar-refractivity contribution is 5.86. The van der Waals surface area contributed by atoms with Crippen molar-refractivity contribution in [2.45, 2.75) is 39.3 Å². The van der Waals surface area contributed by atoms with Gasteiger partial charge in [-0.25, -0.2) is 0 Å². The number of carbonyl (C=O) groups is 4. The van der Waals surface area contributed by atoms with Gasteiger partial charge in [0.25, 0.3) is 5.91 Å². The van der Waals surface area contributed by atoms with Crippen LogP contribution < -0.4 is 16.0 Å². The molecule has 0 saturated carbocycles. The number of hydrogen-bond donors (Lipinski definition) is 3. The Morgan fingerprint density at radius 3 is 2.23 bits per heavy atom. The summed E-state index contributed by atoms with van der Waals surface area (Å²) in [5, 5.41) is 7.67. The van der Waals surface area contributed by atoms with Crippen LogP contribution in [0.1, 0.15) is 38.8 Å². The van der Waals surface area contributed by atoms with Crippen molar-refractivity contribution >= 4 is 23.7 Å². The molecule has 0 unspecified atom stereocenters. The molecular formula is C18H25N3O5. The van der Waals surface area contributed by atoms with Crippen LogP contribution in [0.3, 0.4) is 0 Å². The van der Waals surface area contributed by atoms with Crippen LogP contribution in [0, 0.1) is 0 Å². The lowest BCUT2D eigenvalue weighted by molar-refractivity contribution is -0.149. The van der Waals surface area contributed by atoms with Crippen molar-refractivity contribution in [3.63, 3.8) is 0 Å². The molecule has 142 valence electrons. The van der Waals surface area contributed by atoms with Crippen molar-refractivity contribution in [1.82, 2.24) is 16.0 Å². The molecule has 0 aromatic heterocycles. The molecule has 8 nitrogen and oxygen atoms in total. The Morgan fingerprint density at radius 1 is 1.00 bits per heavy atom. The first-order valence-corrected chi connectivity index (χ1v) is 8.31. The molecule has 0 fully saturated rings. The summed E-state index contributed by atoms with van der Waals surface area (Å²) in [5.74, 6) is -1.81. The van der Waals surface area contributed by atoms with Gasteiger partial charge in [0.15, 0.2) is 6.61 Å². The Labute approximate surface area is 152 Å². The summed E-state index contributed by atoms with van der Waals surface area (Å²) in [4.78, 5) is 46.4. The molecule has 3 N–H and O–H groups in total. The van der Waals surface area contributed by atoms with Gasteiger partial charge < -0.3 is 20.7 Å². The van der Waals surface area contributed by atoms with E-state index in [1.807, 2.05) is 6.07 Å². The SMILES string of the molecule is CC(=O)N[C@H](CC(=O)OCC(=O)NCC(=O)NC(C)C)c1ccccc1. The molecule has 1 aromatic rings.